The van der Waals surface area contributed by atoms with Crippen LogP contribution in [0, 0.1) is 11.6 Å². The Morgan fingerprint density at radius 1 is 1.00 bits per heavy atom. The Morgan fingerprint density at radius 3 is 2.48 bits per heavy atom. The lowest BCUT2D eigenvalue weighted by Gasteiger charge is -2.28. The van der Waals surface area contributed by atoms with Gasteiger partial charge in [0, 0.05) is 19.2 Å². The normalized spacial score (nSPS) is 14.2. The maximum Gasteiger partial charge on any atom is 0.257 e. The molecular weight excluding hydrogens is 446 g/mol. The van der Waals surface area contributed by atoms with E-state index in [4.69, 9.17) is 11.6 Å². The number of anilines is 1. The van der Waals surface area contributed by atoms with Gasteiger partial charge in [0.25, 0.3) is 5.91 Å². The first-order valence-corrected chi connectivity index (χ1v) is 11.2. The van der Waals surface area contributed by atoms with Crippen molar-refractivity contribution >= 4 is 33.2 Å². The highest BCUT2D eigenvalue weighted by Crippen LogP contribution is 2.28. The topological polar surface area (TPSA) is 66.5 Å². The summed E-state index contributed by atoms with van der Waals surface area (Å²) in [7, 11) is -3.89. The molecule has 0 aliphatic carbocycles. The van der Waals surface area contributed by atoms with Crippen molar-refractivity contribution in [3.63, 3.8) is 0 Å². The van der Waals surface area contributed by atoms with Gasteiger partial charge in [-0.2, -0.15) is 4.31 Å². The summed E-state index contributed by atoms with van der Waals surface area (Å²) in [5, 5.41) is 2.30. The molecular formula is C22H17ClF2N2O3S. The van der Waals surface area contributed by atoms with E-state index in [1.165, 1.54) is 16.4 Å². The largest absolute Gasteiger partial charge is 0.319 e. The van der Waals surface area contributed by atoms with Gasteiger partial charge in [0.1, 0.15) is 11.6 Å². The van der Waals surface area contributed by atoms with E-state index in [0.717, 1.165) is 29.3 Å². The van der Waals surface area contributed by atoms with E-state index in [-0.39, 0.29) is 27.7 Å². The van der Waals surface area contributed by atoms with Crippen LogP contribution in [0.4, 0.5) is 14.5 Å². The zero-order valence-corrected chi connectivity index (χ0v) is 17.7. The first kappa shape index (κ1) is 21.4. The molecule has 0 saturated carbocycles. The third-order valence-electron chi connectivity index (χ3n) is 5.10. The van der Waals surface area contributed by atoms with Crippen LogP contribution >= 0.6 is 11.6 Å². The molecule has 0 spiro atoms. The number of hydrogen-bond donors (Lipinski definition) is 1. The van der Waals surface area contributed by atoms with Crippen LogP contribution in [0.1, 0.15) is 21.5 Å². The number of carbonyl (C=O) groups excluding carboxylic acids is 1. The average Bonchev–Trinajstić information content (AvgIpc) is 2.75. The van der Waals surface area contributed by atoms with Gasteiger partial charge in [0.05, 0.1) is 21.2 Å². The maximum atomic E-state index is 13.9. The Bertz CT molecular complexity index is 1280. The molecule has 0 fully saturated rings. The molecule has 160 valence electrons. The summed E-state index contributed by atoms with van der Waals surface area (Å²) in [6.07, 6.45) is 0.584. The minimum absolute atomic E-state index is 0.00274. The number of amides is 1. The van der Waals surface area contributed by atoms with E-state index >= 15 is 0 Å². The van der Waals surface area contributed by atoms with Crippen LogP contribution in [-0.2, 0) is 23.0 Å². The van der Waals surface area contributed by atoms with Crippen molar-refractivity contribution in [3.8, 4) is 0 Å². The predicted octanol–water partition coefficient (Wildman–Crippen LogP) is 4.62. The Morgan fingerprint density at radius 2 is 1.74 bits per heavy atom. The molecule has 0 bridgehead atoms. The molecule has 4 rings (SSSR count). The summed E-state index contributed by atoms with van der Waals surface area (Å²) in [5.41, 5.74) is 1.65. The lowest BCUT2D eigenvalue weighted by molar-refractivity contribution is 0.102. The summed E-state index contributed by atoms with van der Waals surface area (Å²) < 4.78 is 54.7. The van der Waals surface area contributed by atoms with Crippen LogP contribution in [0.3, 0.4) is 0 Å². The Balaban J connectivity index is 1.62. The summed E-state index contributed by atoms with van der Waals surface area (Å²) >= 11 is 6.10. The lowest BCUT2D eigenvalue weighted by atomic mass is 10.0. The number of rotatable bonds is 4. The van der Waals surface area contributed by atoms with Crippen LogP contribution in [0.25, 0.3) is 0 Å². The van der Waals surface area contributed by atoms with Crippen molar-refractivity contribution in [2.24, 2.45) is 0 Å². The first-order valence-electron chi connectivity index (χ1n) is 9.38. The van der Waals surface area contributed by atoms with Crippen molar-refractivity contribution in [3.05, 3.63) is 94.0 Å². The summed E-state index contributed by atoms with van der Waals surface area (Å²) in [6, 6.07) is 14.1. The van der Waals surface area contributed by atoms with Crippen LogP contribution in [0.5, 0.6) is 0 Å². The number of fused-ring (bicyclic) bond motifs is 1. The number of carbonyl (C=O) groups is 1. The van der Waals surface area contributed by atoms with Gasteiger partial charge < -0.3 is 5.32 Å². The van der Waals surface area contributed by atoms with Gasteiger partial charge in [-0.05, 0) is 47.9 Å². The van der Waals surface area contributed by atoms with Gasteiger partial charge in [0.15, 0.2) is 0 Å². The first-order chi connectivity index (χ1) is 14.8. The predicted molar refractivity (Wildman–Crippen MR) is 114 cm³/mol. The molecule has 31 heavy (non-hydrogen) atoms. The maximum absolute atomic E-state index is 13.9. The number of sulfonamides is 1. The molecule has 1 aliphatic heterocycles. The van der Waals surface area contributed by atoms with Crippen LogP contribution in [0.15, 0.2) is 65.6 Å². The molecule has 3 aromatic carbocycles. The van der Waals surface area contributed by atoms with Gasteiger partial charge in [-0.15, -0.1) is 0 Å². The highest BCUT2D eigenvalue weighted by molar-refractivity contribution is 7.89. The molecule has 5 nitrogen and oxygen atoms in total. The monoisotopic (exact) mass is 462 g/mol. The minimum atomic E-state index is -3.89. The minimum Gasteiger partial charge on any atom is -0.319 e. The third-order valence-corrected chi connectivity index (χ3v) is 7.27. The Kier molecular flexibility index (Phi) is 5.79. The fraction of sp³-hybridized carbons (Fsp3) is 0.136. The highest BCUT2D eigenvalue weighted by Gasteiger charge is 2.29. The smallest absolute Gasteiger partial charge is 0.257 e. The summed E-state index contributed by atoms with van der Waals surface area (Å²) in [4.78, 5) is 12.5. The van der Waals surface area contributed by atoms with E-state index in [1.54, 1.807) is 0 Å². The molecule has 1 heterocycles. The highest BCUT2D eigenvalue weighted by atomic mass is 35.5. The van der Waals surface area contributed by atoms with E-state index in [0.29, 0.717) is 19.0 Å². The quantitative estimate of drug-likeness (QED) is 0.615. The Labute approximate surface area is 183 Å². The van der Waals surface area contributed by atoms with Crippen LogP contribution < -0.4 is 5.32 Å². The second-order valence-corrected chi connectivity index (χ2v) is 9.42. The van der Waals surface area contributed by atoms with Crippen molar-refractivity contribution in [1.29, 1.82) is 0 Å². The van der Waals surface area contributed by atoms with Crippen molar-refractivity contribution in [2.45, 2.75) is 17.9 Å². The Hall–Kier alpha value is -2.81. The van der Waals surface area contributed by atoms with Crippen molar-refractivity contribution in [1.82, 2.24) is 4.31 Å². The zero-order valence-electron chi connectivity index (χ0n) is 16.1. The van der Waals surface area contributed by atoms with Gasteiger partial charge in [-0.3, -0.25) is 4.79 Å². The van der Waals surface area contributed by atoms with Gasteiger partial charge in [-0.25, -0.2) is 17.2 Å². The third kappa shape index (κ3) is 4.32. The van der Waals surface area contributed by atoms with E-state index in [9.17, 15) is 22.0 Å². The molecule has 9 heteroatoms. The molecule has 1 amide bonds. The van der Waals surface area contributed by atoms with Crippen LogP contribution in [-0.4, -0.2) is 25.2 Å². The average molecular weight is 463 g/mol. The van der Waals surface area contributed by atoms with Crippen molar-refractivity contribution in [2.75, 3.05) is 11.9 Å². The van der Waals surface area contributed by atoms with Crippen molar-refractivity contribution < 1.29 is 22.0 Å². The fourth-order valence-electron chi connectivity index (χ4n) is 3.44. The molecule has 1 N–H and O–H groups in total. The number of hydrogen-bond acceptors (Lipinski definition) is 3. The second kappa shape index (κ2) is 8.37. The molecule has 0 saturated heterocycles. The molecule has 1 aliphatic rings. The number of nitrogens with zero attached hydrogens (tertiary/aromatic N) is 1. The van der Waals surface area contributed by atoms with Gasteiger partial charge in [-0.1, -0.05) is 35.9 Å². The molecule has 0 radical (unpaired) electrons. The summed E-state index contributed by atoms with van der Waals surface area (Å²) in [6.45, 7) is 0.535. The molecule has 3 aromatic rings. The molecule has 0 aromatic heterocycles. The van der Waals surface area contributed by atoms with Crippen LogP contribution in [0.2, 0.25) is 5.02 Å². The zero-order chi connectivity index (χ0) is 22.2. The van der Waals surface area contributed by atoms with E-state index in [2.05, 4.69) is 5.32 Å². The van der Waals surface area contributed by atoms with Gasteiger partial charge in [0.2, 0.25) is 10.0 Å². The number of nitrogens with one attached hydrogen (secondary N) is 1. The SMILES string of the molecule is O=C(Nc1ccc(F)cc1F)c1cc(S(=O)(=O)N2CCc3ccccc3C2)ccc1Cl. The molecule has 0 atom stereocenters. The lowest BCUT2D eigenvalue weighted by Crippen LogP contribution is -2.36. The van der Waals surface area contributed by atoms with E-state index in [1.807, 2.05) is 24.3 Å². The standard InChI is InChI=1S/C22H17ClF2N2O3S/c23-19-7-6-17(12-18(19)22(28)26-21-8-5-16(24)11-20(21)25)31(29,30)27-10-9-14-3-1-2-4-15(14)13-27/h1-8,11-12H,9-10,13H2,(H,26,28). The number of halogens is 3. The van der Waals surface area contributed by atoms with Gasteiger partial charge >= 0.3 is 0 Å². The van der Waals surface area contributed by atoms with E-state index < -0.39 is 27.6 Å². The molecule has 0 unspecified atom stereocenters. The summed E-state index contributed by atoms with van der Waals surface area (Å²) in [5.74, 6) is -2.55. The number of benzene rings is 3. The fourth-order valence-corrected chi connectivity index (χ4v) is 5.09. The second-order valence-electron chi connectivity index (χ2n) is 7.08.